The second-order valence-electron chi connectivity index (χ2n) is 4.14. The van der Waals surface area contributed by atoms with Crippen LogP contribution in [0.4, 0.5) is 0 Å². The predicted octanol–water partition coefficient (Wildman–Crippen LogP) is 3.20. The van der Waals surface area contributed by atoms with Gasteiger partial charge in [-0.3, -0.25) is 4.79 Å². The first-order valence-corrected chi connectivity index (χ1v) is 5.95. The maximum absolute atomic E-state index is 9.69. The minimum atomic E-state index is 0.0324. The molecule has 0 radical (unpaired) electrons. The van der Waals surface area contributed by atoms with Gasteiger partial charge in [0.2, 0.25) is 0 Å². The molecular weight excluding hydrogens is 222 g/mol. The fourth-order valence-corrected chi connectivity index (χ4v) is 1.38. The van der Waals surface area contributed by atoms with E-state index in [2.05, 4.69) is 55.5 Å². The van der Waals surface area contributed by atoms with Crippen LogP contribution in [0.3, 0.4) is 0 Å². The van der Waals surface area contributed by atoms with Gasteiger partial charge in [-0.2, -0.15) is 0 Å². The fourth-order valence-electron chi connectivity index (χ4n) is 1.38. The molecule has 0 aromatic heterocycles. The van der Waals surface area contributed by atoms with E-state index in [1.54, 1.807) is 0 Å². The van der Waals surface area contributed by atoms with Gasteiger partial charge in [-0.1, -0.05) is 60.2 Å². The van der Waals surface area contributed by atoms with Crippen LogP contribution in [0.25, 0.3) is 11.1 Å². The molecule has 0 saturated heterocycles. The van der Waals surface area contributed by atoms with Crippen LogP contribution in [0.2, 0.25) is 0 Å². The minimum absolute atomic E-state index is 0.0324. The Labute approximate surface area is 108 Å². The highest BCUT2D eigenvalue weighted by Crippen LogP contribution is 2.18. The Balaban J connectivity index is 0.000000280. The number of rotatable bonds is 2. The highest BCUT2D eigenvalue weighted by molar-refractivity contribution is 5.77. The van der Waals surface area contributed by atoms with Crippen LogP contribution in [0.1, 0.15) is 12.5 Å². The smallest absolute Gasteiger partial charge is 0.143 e. The average Bonchev–Trinajstić information content (AvgIpc) is 2.41. The molecule has 2 aromatic carbocycles. The summed E-state index contributed by atoms with van der Waals surface area (Å²) >= 11 is 0. The van der Waals surface area contributed by atoms with Crippen molar-refractivity contribution in [3.05, 3.63) is 60.2 Å². The van der Waals surface area contributed by atoms with Crippen molar-refractivity contribution in [3.63, 3.8) is 0 Å². The molecule has 0 aliphatic carbocycles. The lowest BCUT2D eigenvalue weighted by atomic mass is 10.0. The number of hydrogen-bond acceptors (Lipinski definition) is 2. The van der Waals surface area contributed by atoms with Gasteiger partial charge in [0.25, 0.3) is 0 Å². The zero-order valence-corrected chi connectivity index (χ0v) is 10.9. The van der Waals surface area contributed by atoms with Crippen molar-refractivity contribution >= 4 is 5.78 Å². The van der Waals surface area contributed by atoms with Crippen molar-refractivity contribution in [2.75, 3.05) is 6.54 Å². The average molecular weight is 241 g/mol. The summed E-state index contributed by atoms with van der Waals surface area (Å²) in [5.74, 6) is 0.0324. The van der Waals surface area contributed by atoms with E-state index in [4.69, 9.17) is 5.73 Å². The van der Waals surface area contributed by atoms with E-state index in [0.717, 1.165) is 0 Å². The van der Waals surface area contributed by atoms with Crippen LogP contribution in [-0.2, 0) is 4.79 Å². The lowest BCUT2D eigenvalue weighted by molar-refractivity contribution is -0.115. The molecule has 0 atom stereocenters. The van der Waals surface area contributed by atoms with Gasteiger partial charge in [0.15, 0.2) is 0 Å². The maximum atomic E-state index is 9.69. The first-order chi connectivity index (χ1) is 8.63. The summed E-state index contributed by atoms with van der Waals surface area (Å²) in [6.45, 7) is 3.73. The summed E-state index contributed by atoms with van der Waals surface area (Å²) in [4.78, 5) is 9.69. The van der Waals surface area contributed by atoms with Gasteiger partial charge in [0.1, 0.15) is 5.78 Å². The Morgan fingerprint density at radius 2 is 1.39 bits per heavy atom. The summed E-state index contributed by atoms with van der Waals surface area (Å²) in [7, 11) is 0. The lowest BCUT2D eigenvalue weighted by Crippen LogP contribution is -2.07. The molecule has 18 heavy (non-hydrogen) atoms. The van der Waals surface area contributed by atoms with E-state index in [9.17, 15) is 4.79 Å². The molecule has 2 heteroatoms. The van der Waals surface area contributed by atoms with E-state index in [0.29, 0.717) is 0 Å². The monoisotopic (exact) mass is 241 g/mol. The van der Waals surface area contributed by atoms with E-state index >= 15 is 0 Å². The van der Waals surface area contributed by atoms with E-state index < -0.39 is 0 Å². The van der Waals surface area contributed by atoms with Crippen LogP contribution in [0.5, 0.6) is 0 Å². The molecule has 0 fully saturated rings. The summed E-state index contributed by atoms with van der Waals surface area (Å²) in [5, 5.41) is 0. The minimum Gasteiger partial charge on any atom is -0.324 e. The van der Waals surface area contributed by atoms with Crippen LogP contribution in [0.15, 0.2) is 54.6 Å². The number of aryl methyl sites for hydroxylation is 1. The molecule has 0 spiro atoms. The molecule has 2 aromatic rings. The third-order valence-corrected chi connectivity index (χ3v) is 2.45. The zero-order chi connectivity index (χ0) is 13.4. The number of ketones is 1. The SMILES string of the molecule is CC(=O)CN.Cc1ccc(-c2ccccc2)cc1. The van der Waals surface area contributed by atoms with Gasteiger partial charge in [0, 0.05) is 0 Å². The van der Waals surface area contributed by atoms with Crippen LogP contribution < -0.4 is 5.73 Å². The molecule has 0 aliphatic heterocycles. The third-order valence-electron chi connectivity index (χ3n) is 2.45. The number of nitrogens with two attached hydrogens (primary N) is 1. The van der Waals surface area contributed by atoms with Crippen molar-refractivity contribution in [1.82, 2.24) is 0 Å². The van der Waals surface area contributed by atoms with Gasteiger partial charge in [-0.05, 0) is 25.0 Å². The molecule has 0 aliphatic rings. The predicted molar refractivity (Wildman–Crippen MR) is 76.4 cm³/mol. The number of carbonyl (C=O) groups is 1. The van der Waals surface area contributed by atoms with Gasteiger partial charge in [-0.15, -0.1) is 0 Å². The van der Waals surface area contributed by atoms with Crippen molar-refractivity contribution in [2.45, 2.75) is 13.8 Å². The molecule has 0 amide bonds. The fraction of sp³-hybridized carbons (Fsp3) is 0.188. The summed E-state index contributed by atoms with van der Waals surface area (Å²) in [5.41, 5.74) is 8.69. The van der Waals surface area contributed by atoms with Crippen LogP contribution in [0, 0.1) is 6.92 Å². The van der Waals surface area contributed by atoms with E-state index in [1.165, 1.54) is 23.6 Å². The van der Waals surface area contributed by atoms with Gasteiger partial charge in [-0.25, -0.2) is 0 Å². The van der Waals surface area contributed by atoms with Gasteiger partial charge >= 0.3 is 0 Å². The highest BCUT2D eigenvalue weighted by Gasteiger charge is 1.93. The van der Waals surface area contributed by atoms with Crippen molar-refractivity contribution < 1.29 is 4.79 Å². The van der Waals surface area contributed by atoms with Crippen molar-refractivity contribution in [3.8, 4) is 11.1 Å². The summed E-state index contributed by atoms with van der Waals surface area (Å²) in [6, 6.07) is 19.0. The van der Waals surface area contributed by atoms with E-state index in [1.807, 2.05) is 6.07 Å². The molecule has 2 N–H and O–H groups in total. The van der Waals surface area contributed by atoms with Gasteiger partial charge < -0.3 is 5.73 Å². The normalized spacial score (nSPS) is 9.28. The quantitative estimate of drug-likeness (QED) is 0.877. The Bertz CT molecular complexity index is 474. The first kappa shape index (κ1) is 14.1. The second-order valence-corrected chi connectivity index (χ2v) is 4.14. The molecule has 0 saturated carbocycles. The molecule has 2 rings (SSSR count). The molecule has 0 unspecified atom stereocenters. The van der Waals surface area contributed by atoms with Crippen molar-refractivity contribution in [2.24, 2.45) is 5.73 Å². The Kier molecular flexibility index (Phi) is 5.81. The first-order valence-electron chi connectivity index (χ1n) is 5.95. The lowest BCUT2D eigenvalue weighted by Gasteiger charge is -2.00. The molecule has 0 heterocycles. The number of Topliss-reactive ketones (excluding diaryl/α,β-unsaturated/α-hetero) is 1. The Morgan fingerprint density at radius 1 is 0.944 bits per heavy atom. The van der Waals surface area contributed by atoms with Crippen LogP contribution >= 0.6 is 0 Å². The third kappa shape index (κ3) is 4.93. The van der Waals surface area contributed by atoms with Crippen LogP contribution in [-0.4, -0.2) is 12.3 Å². The second kappa shape index (κ2) is 7.41. The largest absolute Gasteiger partial charge is 0.324 e. The number of hydrogen-bond donors (Lipinski definition) is 1. The van der Waals surface area contributed by atoms with E-state index in [-0.39, 0.29) is 12.3 Å². The van der Waals surface area contributed by atoms with Crippen molar-refractivity contribution in [1.29, 1.82) is 0 Å². The highest BCUT2D eigenvalue weighted by atomic mass is 16.1. The summed E-state index contributed by atoms with van der Waals surface area (Å²) in [6.07, 6.45) is 0. The Hall–Kier alpha value is -1.93. The number of carbonyl (C=O) groups excluding carboxylic acids is 1. The standard InChI is InChI=1S/C13H12.C3H7NO/c1-11-7-9-13(10-8-11)12-5-3-2-4-6-12;1-3(5)2-4/h2-10H,1H3;2,4H2,1H3. The maximum Gasteiger partial charge on any atom is 0.143 e. The zero-order valence-electron chi connectivity index (χ0n) is 10.9. The topological polar surface area (TPSA) is 43.1 Å². The molecule has 2 nitrogen and oxygen atoms in total. The summed E-state index contributed by atoms with van der Waals surface area (Å²) < 4.78 is 0. The molecular formula is C16H19NO. The molecule has 0 bridgehead atoms. The van der Waals surface area contributed by atoms with Gasteiger partial charge in [0.05, 0.1) is 6.54 Å². The number of benzene rings is 2. The molecule has 94 valence electrons. The Morgan fingerprint density at radius 3 is 1.83 bits per heavy atom.